The van der Waals surface area contributed by atoms with Crippen LogP contribution in [-0.4, -0.2) is 46.2 Å². The van der Waals surface area contributed by atoms with E-state index in [1.54, 1.807) is 12.1 Å². The van der Waals surface area contributed by atoms with Gasteiger partial charge in [0.2, 0.25) is 10.0 Å². The van der Waals surface area contributed by atoms with Gasteiger partial charge in [0.1, 0.15) is 13.2 Å². The van der Waals surface area contributed by atoms with Crippen LogP contribution in [-0.2, 0) is 10.0 Å². The Morgan fingerprint density at radius 2 is 1.83 bits per heavy atom. The van der Waals surface area contributed by atoms with Crippen LogP contribution in [0, 0.1) is 13.8 Å². The number of likely N-dealkylation sites (tertiary alicyclic amines) is 1. The molecule has 156 valence electrons. The molecule has 2 aliphatic heterocycles. The third-order valence-electron chi connectivity index (χ3n) is 5.79. The van der Waals surface area contributed by atoms with Crippen molar-refractivity contribution in [1.29, 1.82) is 0 Å². The summed E-state index contributed by atoms with van der Waals surface area (Å²) in [5, 5.41) is 0. The van der Waals surface area contributed by atoms with Gasteiger partial charge in [0, 0.05) is 19.1 Å². The summed E-state index contributed by atoms with van der Waals surface area (Å²) in [5.74, 6) is 1.60. The Morgan fingerprint density at radius 3 is 2.62 bits per heavy atom. The van der Waals surface area contributed by atoms with Crippen molar-refractivity contribution in [2.75, 3.05) is 32.8 Å². The van der Waals surface area contributed by atoms with E-state index in [9.17, 15) is 8.42 Å². The highest BCUT2D eigenvalue weighted by atomic mass is 32.2. The van der Waals surface area contributed by atoms with Crippen molar-refractivity contribution in [3.8, 4) is 11.5 Å². The fraction of sp³-hybridized carbons (Fsp3) is 0.455. The average Bonchev–Trinajstić information content (AvgIpc) is 3.18. The molecule has 1 atom stereocenters. The van der Waals surface area contributed by atoms with Crippen molar-refractivity contribution in [2.24, 2.45) is 0 Å². The van der Waals surface area contributed by atoms with Crippen LogP contribution in [0.15, 0.2) is 41.3 Å². The molecule has 0 amide bonds. The van der Waals surface area contributed by atoms with E-state index in [2.05, 4.69) is 21.8 Å². The summed E-state index contributed by atoms with van der Waals surface area (Å²) in [6.45, 7) is 7.08. The van der Waals surface area contributed by atoms with Crippen molar-refractivity contribution in [2.45, 2.75) is 37.6 Å². The van der Waals surface area contributed by atoms with E-state index in [4.69, 9.17) is 9.47 Å². The van der Waals surface area contributed by atoms with Gasteiger partial charge in [-0.05, 0) is 74.2 Å². The lowest BCUT2D eigenvalue weighted by molar-refractivity contribution is 0.170. The van der Waals surface area contributed by atoms with Crippen molar-refractivity contribution in [1.82, 2.24) is 9.62 Å². The summed E-state index contributed by atoms with van der Waals surface area (Å²) in [7, 11) is -3.50. The van der Waals surface area contributed by atoms with Crippen LogP contribution in [0.5, 0.6) is 11.5 Å². The molecule has 6 nitrogen and oxygen atoms in total. The number of sulfonamides is 1. The number of hydrogen-bond acceptors (Lipinski definition) is 5. The summed E-state index contributed by atoms with van der Waals surface area (Å²) in [6.07, 6.45) is 2.16. The highest BCUT2D eigenvalue weighted by Gasteiger charge is 2.27. The normalized spacial score (nSPS) is 19.4. The third-order valence-corrected chi connectivity index (χ3v) is 7.25. The van der Waals surface area contributed by atoms with Crippen LogP contribution < -0.4 is 14.2 Å². The van der Waals surface area contributed by atoms with Gasteiger partial charge in [0.15, 0.2) is 11.5 Å². The Bertz CT molecular complexity index is 990. The maximum absolute atomic E-state index is 12.6. The number of nitrogens with one attached hydrogen (secondary N) is 1. The number of aryl methyl sites for hydroxylation is 2. The molecule has 0 saturated carbocycles. The minimum atomic E-state index is -3.50. The fourth-order valence-electron chi connectivity index (χ4n) is 4.03. The van der Waals surface area contributed by atoms with Crippen molar-refractivity contribution < 1.29 is 17.9 Å². The Balaban J connectivity index is 1.39. The van der Waals surface area contributed by atoms with Gasteiger partial charge in [-0.2, -0.15) is 0 Å². The maximum atomic E-state index is 12.6. The molecule has 2 aliphatic rings. The first-order valence-electron chi connectivity index (χ1n) is 10.1. The van der Waals surface area contributed by atoms with Crippen LogP contribution in [0.2, 0.25) is 0 Å². The third kappa shape index (κ3) is 4.42. The number of ether oxygens (including phenoxy) is 2. The molecule has 2 aromatic rings. The molecule has 1 saturated heterocycles. The zero-order valence-corrected chi connectivity index (χ0v) is 17.8. The van der Waals surface area contributed by atoms with E-state index >= 15 is 0 Å². The van der Waals surface area contributed by atoms with Crippen LogP contribution in [0.4, 0.5) is 0 Å². The van der Waals surface area contributed by atoms with Crippen molar-refractivity contribution >= 4 is 10.0 Å². The summed E-state index contributed by atoms with van der Waals surface area (Å²) in [4.78, 5) is 2.67. The van der Waals surface area contributed by atoms with Crippen LogP contribution in [0.25, 0.3) is 0 Å². The smallest absolute Gasteiger partial charge is 0.240 e. The monoisotopic (exact) mass is 416 g/mol. The number of fused-ring (bicyclic) bond motifs is 1. The molecular weight excluding hydrogens is 388 g/mol. The van der Waals surface area contributed by atoms with Gasteiger partial charge in [-0.25, -0.2) is 13.1 Å². The topological polar surface area (TPSA) is 67.9 Å². The molecule has 29 heavy (non-hydrogen) atoms. The van der Waals surface area contributed by atoms with Crippen molar-refractivity contribution in [3.63, 3.8) is 0 Å². The highest BCUT2D eigenvalue weighted by Crippen LogP contribution is 2.37. The Hall–Kier alpha value is -2.09. The predicted octanol–water partition coefficient (Wildman–Crippen LogP) is 3.19. The molecule has 0 radical (unpaired) electrons. The molecule has 1 unspecified atom stereocenters. The lowest BCUT2D eigenvalue weighted by Gasteiger charge is -2.26. The summed E-state index contributed by atoms with van der Waals surface area (Å²) >= 11 is 0. The van der Waals surface area contributed by atoms with E-state index in [1.807, 2.05) is 26.0 Å². The molecule has 1 fully saturated rings. The average molecular weight is 417 g/mol. The number of hydrogen-bond donors (Lipinski definition) is 1. The minimum Gasteiger partial charge on any atom is -0.486 e. The second-order valence-corrected chi connectivity index (χ2v) is 9.51. The number of nitrogens with zero attached hydrogens (tertiary/aromatic N) is 1. The quantitative estimate of drug-likeness (QED) is 0.783. The molecular formula is C22H28N2O4S. The van der Waals surface area contributed by atoms with Crippen LogP contribution >= 0.6 is 0 Å². The Kier molecular flexibility index (Phi) is 5.81. The van der Waals surface area contributed by atoms with E-state index in [-0.39, 0.29) is 6.04 Å². The molecule has 0 spiro atoms. The first-order chi connectivity index (χ1) is 13.9. The molecule has 2 aromatic carbocycles. The predicted molar refractivity (Wildman–Crippen MR) is 112 cm³/mol. The van der Waals surface area contributed by atoms with Gasteiger partial charge in [-0.15, -0.1) is 0 Å². The van der Waals surface area contributed by atoms with Gasteiger partial charge < -0.3 is 9.47 Å². The lowest BCUT2D eigenvalue weighted by Crippen LogP contribution is -2.34. The molecule has 0 aromatic heterocycles. The highest BCUT2D eigenvalue weighted by molar-refractivity contribution is 7.89. The van der Waals surface area contributed by atoms with Gasteiger partial charge >= 0.3 is 0 Å². The Morgan fingerprint density at radius 1 is 1.03 bits per heavy atom. The summed E-state index contributed by atoms with van der Waals surface area (Å²) in [5.41, 5.74) is 3.26. The second kappa shape index (κ2) is 8.34. The second-order valence-electron chi connectivity index (χ2n) is 7.74. The van der Waals surface area contributed by atoms with E-state index in [0.717, 1.165) is 42.0 Å². The van der Waals surface area contributed by atoms with Gasteiger partial charge in [-0.1, -0.05) is 12.1 Å². The largest absolute Gasteiger partial charge is 0.486 e. The molecule has 4 rings (SSSR count). The molecule has 1 N–H and O–H groups in total. The van der Waals surface area contributed by atoms with E-state index < -0.39 is 10.0 Å². The standard InChI is InChI=1S/C22H28N2O4S/c1-16-5-7-19(14-17(16)2)29(25,26)23-9-11-24-10-3-4-20(24)18-6-8-21-22(15-18)28-13-12-27-21/h5-8,14-15,20,23H,3-4,9-13H2,1-2H3. The maximum Gasteiger partial charge on any atom is 0.240 e. The van der Waals surface area contributed by atoms with Crippen molar-refractivity contribution in [3.05, 3.63) is 53.1 Å². The first kappa shape index (κ1) is 20.2. The van der Waals surface area contributed by atoms with Crippen LogP contribution in [0.3, 0.4) is 0 Å². The minimum absolute atomic E-state index is 0.275. The molecule has 7 heteroatoms. The summed E-state index contributed by atoms with van der Waals surface area (Å²) in [6, 6.07) is 11.7. The van der Waals surface area contributed by atoms with Gasteiger partial charge in [0.25, 0.3) is 0 Å². The van der Waals surface area contributed by atoms with Crippen LogP contribution in [0.1, 0.15) is 35.6 Å². The Labute approximate surface area is 172 Å². The first-order valence-corrected chi connectivity index (χ1v) is 11.6. The van der Waals surface area contributed by atoms with Gasteiger partial charge in [0.05, 0.1) is 4.90 Å². The number of benzene rings is 2. The van der Waals surface area contributed by atoms with E-state index in [0.29, 0.717) is 31.2 Å². The van der Waals surface area contributed by atoms with E-state index in [1.165, 1.54) is 5.56 Å². The molecule has 2 heterocycles. The SMILES string of the molecule is Cc1ccc(S(=O)(=O)NCCN2CCCC2c2ccc3c(c2)OCCO3)cc1C. The summed E-state index contributed by atoms with van der Waals surface area (Å²) < 4.78 is 39.3. The zero-order chi connectivity index (χ0) is 20.4. The zero-order valence-electron chi connectivity index (χ0n) is 17.0. The molecule has 0 aliphatic carbocycles. The fourth-order valence-corrected chi connectivity index (χ4v) is 5.13. The lowest BCUT2D eigenvalue weighted by atomic mass is 10.0. The number of rotatable bonds is 6. The molecule has 0 bridgehead atoms. The van der Waals surface area contributed by atoms with Gasteiger partial charge in [-0.3, -0.25) is 4.90 Å².